The van der Waals surface area contributed by atoms with Gasteiger partial charge in [0.2, 0.25) is 0 Å². The summed E-state index contributed by atoms with van der Waals surface area (Å²) < 4.78 is 1.78. The molecule has 0 aliphatic rings. The second kappa shape index (κ2) is 5.18. The lowest BCUT2D eigenvalue weighted by Gasteiger charge is -2.06. The topological polar surface area (TPSA) is 59.3 Å². The second-order valence-electron chi connectivity index (χ2n) is 4.80. The van der Waals surface area contributed by atoms with E-state index < -0.39 is 0 Å². The van der Waals surface area contributed by atoms with Gasteiger partial charge in [-0.2, -0.15) is 0 Å². The number of pyridine rings is 2. The second-order valence-corrected chi connectivity index (χ2v) is 5.19. The van der Waals surface area contributed by atoms with Gasteiger partial charge in [0.25, 0.3) is 5.91 Å². The van der Waals surface area contributed by atoms with E-state index in [0.29, 0.717) is 22.2 Å². The Balaban J connectivity index is 2.00. The normalized spacial score (nSPS) is 10.8. The van der Waals surface area contributed by atoms with Crippen molar-refractivity contribution in [3.8, 4) is 0 Å². The summed E-state index contributed by atoms with van der Waals surface area (Å²) in [6.45, 7) is 3.81. The predicted octanol–water partition coefficient (Wildman–Crippen LogP) is 3.25. The quantitative estimate of drug-likeness (QED) is 0.739. The predicted molar refractivity (Wildman–Crippen MR) is 81.9 cm³/mol. The lowest BCUT2D eigenvalue weighted by atomic mass is 10.3. The molecule has 3 aromatic rings. The molecule has 1 N–H and O–H groups in total. The number of fused-ring (bicyclic) bond motifs is 1. The number of hydrogen-bond donors (Lipinski definition) is 1. The smallest absolute Gasteiger partial charge is 0.274 e. The van der Waals surface area contributed by atoms with Crippen LogP contribution in [-0.2, 0) is 0 Å². The van der Waals surface area contributed by atoms with Gasteiger partial charge in [0, 0.05) is 18.1 Å². The zero-order valence-corrected chi connectivity index (χ0v) is 12.3. The number of hydrogen-bond acceptors (Lipinski definition) is 3. The Kier molecular flexibility index (Phi) is 3.35. The van der Waals surface area contributed by atoms with Crippen LogP contribution in [-0.4, -0.2) is 20.3 Å². The highest BCUT2D eigenvalue weighted by Crippen LogP contribution is 2.17. The number of carbonyl (C=O) groups excluding carboxylic acids is 1. The van der Waals surface area contributed by atoms with E-state index in [-0.39, 0.29) is 5.91 Å². The van der Waals surface area contributed by atoms with Gasteiger partial charge in [-0.1, -0.05) is 11.6 Å². The Hall–Kier alpha value is -2.40. The van der Waals surface area contributed by atoms with Gasteiger partial charge in [-0.3, -0.25) is 9.20 Å². The monoisotopic (exact) mass is 300 g/mol. The van der Waals surface area contributed by atoms with Crippen molar-refractivity contribution in [1.82, 2.24) is 14.4 Å². The molecule has 0 bridgehead atoms. The Morgan fingerprint density at radius 2 is 2.10 bits per heavy atom. The third-order valence-electron chi connectivity index (χ3n) is 3.16. The largest absolute Gasteiger partial charge is 0.320 e. The van der Waals surface area contributed by atoms with Crippen LogP contribution in [0.2, 0.25) is 5.15 Å². The number of aromatic nitrogens is 3. The van der Waals surface area contributed by atoms with Crippen molar-refractivity contribution < 1.29 is 4.79 Å². The maximum absolute atomic E-state index is 12.5. The fourth-order valence-corrected chi connectivity index (χ4v) is 2.38. The molecule has 0 radical (unpaired) electrons. The van der Waals surface area contributed by atoms with Gasteiger partial charge >= 0.3 is 0 Å². The summed E-state index contributed by atoms with van der Waals surface area (Å²) in [5.74, 6) is -0.230. The maximum Gasteiger partial charge on any atom is 0.274 e. The zero-order valence-electron chi connectivity index (χ0n) is 11.6. The molecular weight excluding hydrogens is 288 g/mol. The van der Waals surface area contributed by atoms with Crippen LogP contribution >= 0.6 is 11.6 Å². The zero-order chi connectivity index (χ0) is 15.0. The van der Waals surface area contributed by atoms with Crippen molar-refractivity contribution in [1.29, 1.82) is 0 Å². The van der Waals surface area contributed by atoms with E-state index in [4.69, 9.17) is 11.6 Å². The highest BCUT2D eigenvalue weighted by atomic mass is 35.5. The van der Waals surface area contributed by atoms with Gasteiger partial charge in [0.15, 0.2) is 0 Å². The first-order valence-corrected chi connectivity index (χ1v) is 6.80. The number of anilines is 1. The number of nitrogens with one attached hydrogen (secondary N) is 1. The first kappa shape index (κ1) is 13.6. The van der Waals surface area contributed by atoms with Crippen LogP contribution < -0.4 is 5.32 Å². The molecule has 0 unspecified atom stereocenters. The summed E-state index contributed by atoms with van der Waals surface area (Å²) in [4.78, 5) is 20.8. The Morgan fingerprint density at radius 3 is 2.86 bits per heavy atom. The van der Waals surface area contributed by atoms with Gasteiger partial charge in [0.05, 0.1) is 5.69 Å². The summed E-state index contributed by atoms with van der Waals surface area (Å²) in [6.07, 6.45) is 3.39. The van der Waals surface area contributed by atoms with Crippen molar-refractivity contribution in [2.45, 2.75) is 13.8 Å². The highest BCUT2D eigenvalue weighted by molar-refractivity contribution is 6.29. The standard InChI is InChI=1S/C15H13ClN4O/c1-9-4-6-20-13(7-9)18-10(2)14(20)15(21)19-11-3-5-17-12(16)8-11/h3-8H,1-2H3,(H,17,19,21). The highest BCUT2D eigenvalue weighted by Gasteiger charge is 2.16. The summed E-state index contributed by atoms with van der Waals surface area (Å²) in [5, 5.41) is 3.14. The minimum absolute atomic E-state index is 0.230. The van der Waals surface area contributed by atoms with Crippen molar-refractivity contribution in [2.24, 2.45) is 0 Å². The van der Waals surface area contributed by atoms with Gasteiger partial charge in [-0.05, 0) is 43.7 Å². The molecule has 106 valence electrons. The molecular formula is C15H13ClN4O. The molecule has 5 nitrogen and oxygen atoms in total. The molecule has 0 spiro atoms. The van der Waals surface area contributed by atoms with Crippen molar-refractivity contribution in [3.63, 3.8) is 0 Å². The van der Waals surface area contributed by atoms with Crippen molar-refractivity contribution in [3.05, 3.63) is 58.8 Å². The molecule has 0 saturated carbocycles. The van der Waals surface area contributed by atoms with E-state index in [0.717, 1.165) is 11.2 Å². The molecule has 3 rings (SSSR count). The van der Waals surface area contributed by atoms with Gasteiger partial charge < -0.3 is 5.32 Å². The number of imidazole rings is 1. The summed E-state index contributed by atoms with van der Waals surface area (Å²) in [6, 6.07) is 7.16. The molecule has 1 amide bonds. The number of nitrogens with zero attached hydrogens (tertiary/aromatic N) is 3. The average molecular weight is 301 g/mol. The van der Waals surface area contributed by atoms with Gasteiger partial charge in [-0.25, -0.2) is 9.97 Å². The molecule has 0 aromatic carbocycles. The van der Waals surface area contributed by atoms with Gasteiger partial charge in [-0.15, -0.1) is 0 Å². The first-order chi connectivity index (χ1) is 10.0. The minimum atomic E-state index is -0.230. The number of rotatable bonds is 2. The summed E-state index contributed by atoms with van der Waals surface area (Å²) >= 11 is 5.82. The van der Waals surface area contributed by atoms with E-state index in [9.17, 15) is 4.79 Å². The van der Waals surface area contributed by atoms with E-state index in [1.165, 1.54) is 0 Å². The molecule has 3 aromatic heterocycles. The summed E-state index contributed by atoms with van der Waals surface area (Å²) in [7, 11) is 0. The van der Waals surface area contributed by atoms with Crippen LogP contribution in [0.5, 0.6) is 0 Å². The van der Waals surface area contributed by atoms with E-state index >= 15 is 0 Å². The molecule has 0 saturated heterocycles. The van der Waals surface area contributed by atoms with E-state index in [2.05, 4.69) is 15.3 Å². The maximum atomic E-state index is 12.5. The molecule has 0 aliphatic carbocycles. The third kappa shape index (κ3) is 2.60. The van der Waals surface area contributed by atoms with Crippen LogP contribution in [0.4, 0.5) is 5.69 Å². The Labute approximate surface area is 126 Å². The fraction of sp³-hybridized carbons (Fsp3) is 0.133. The Bertz CT molecular complexity index is 841. The van der Waals surface area contributed by atoms with Crippen LogP contribution in [0.1, 0.15) is 21.7 Å². The fourth-order valence-electron chi connectivity index (χ4n) is 2.21. The van der Waals surface area contributed by atoms with E-state index in [1.54, 1.807) is 22.7 Å². The molecule has 0 atom stereocenters. The molecule has 6 heteroatoms. The van der Waals surface area contributed by atoms with E-state index in [1.807, 2.05) is 32.2 Å². The van der Waals surface area contributed by atoms with Crippen LogP contribution in [0.25, 0.3) is 5.65 Å². The number of aryl methyl sites for hydroxylation is 2. The van der Waals surface area contributed by atoms with Gasteiger partial charge in [0.1, 0.15) is 16.5 Å². The molecule has 0 fully saturated rings. The van der Waals surface area contributed by atoms with Crippen molar-refractivity contribution >= 4 is 28.8 Å². The first-order valence-electron chi connectivity index (χ1n) is 6.43. The van der Waals surface area contributed by atoms with Crippen LogP contribution in [0.3, 0.4) is 0 Å². The minimum Gasteiger partial charge on any atom is -0.320 e. The SMILES string of the molecule is Cc1ccn2c(C(=O)Nc3ccnc(Cl)c3)c(C)nc2c1. The lowest BCUT2D eigenvalue weighted by Crippen LogP contribution is -2.15. The number of halogens is 1. The van der Waals surface area contributed by atoms with Crippen LogP contribution in [0, 0.1) is 13.8 Å². The lowest BCUT2D eigenvalue weighted by molar-refractivity contribution is 0.102. The number of carbonyl (C=O) groups is 1. The molecule has 21 heavy (non-hydrogen) atoms. The third-order valence-corrected chi connectivity index (χ3v) is 3.36. The average Bonchev–Trinajstić information content (AvgIpc) is 2.73. The summed E-state index contributed by atoms with van der Waals surface area (Å²) in [5.41, 5.74) is 3.64. The molecule has 0 aliphatic heterocycles. The Morgan fingerprint density at radius 1 is 1.29 bits per heavy atom. The van der Waals surface area contributed by atoms with Crippen molar-refractivity contribution in [2.75, 3.05) is 5.32 Å². The van der Waals surface area contributed by atoms with Crippen LogP contribution in [0.15, 0.2) is 36.7 Å². The molecule has 3 heterocycles. The number of amides is 1.